The zero-order valence-electron chi connectivity index (χ0n) is 14.2. The maximum absolute atomic E-state index is 11.9. The fourth-order valence-corrected chi connectivity index (χ4v) is 3.31. The van der Waals surface area contributed by atoms with E-state index >= 15 is 0 Å². The Morgan fingerprint density at radius 2 is 1.88 bits per heavy atom. The van der Waals surface area contributed by atoms with Gasteiger partial charge in [0.05, 0.1) is 24.2 Å². The predicted molar refractivity (Wildman–Crippen MR) is 92.7 cm³/mol. The van der Waals surface area contributed by atoms with Crippen LogP contribution in [-0.2, 0) is 19.6 Å². The van der Waals surface area contributed by atoms with E-state index < -0.39 is 15.6 Å². The topological polar surface area (TPSA) is 105 Å². The van der Waals surface area contributed by atoms with Gasteiger partial charge in [0, 0.05) is 12.8 Å². The van der Waals surface area contributed by atoms with Crippen molar-refractivity contribution in [1.82, 2.24) is 4.90 Å². The number of sulfonamides is 1. The Morgan fingerprint density at radius 1 is 1.24 bits per heavy atom. The molecule has 0 radical (unpaired) electrons. The number of imide groups is 1. The minimum Gasteiger partial charge on any atom is -0.480 e. The van der Waals surface area contributed by atoms with E-state index in [2.05, 4.69) is 9.71 Å². The number of carbonyl (C=O) groups excluding carboxylic acids is 2. The van der Waals surface area contributed by atoms with Gasteiger partial charge in [-0.15, -0.1) is 0 Å². The SMILES string of the molecule is CC1(C)Oc2ccc(NS(C)(=O)=O)cc2N=C1CN1C(=O)CCC1=O. The number of hydrogen-bond donors (Lipinski definition) is 1. The van der Waals surface area contributed by atoms with Crippen LogP contribution in [-0.4, -0.2) is 49.2 Å². The monoisotopic (exact) mass is 365 g/mol. The number of hydrogen-bond acceptors (Lipinski definition) is 6. The fourth-order valence-electron chi connectivity index (χ4n) is 2.76. The quantitative estimate of drug-likeness (QED) is 0.813. The van der Waals surface area contributed by atoms with Crippen LogP contribution in [0.1, 0.15) is 26.7 Å². The molecule has 1 aromatic rings. The molecule has 3 rings (SSSR count). The fraction of sp³-hybridized carbons (Fsp3) is 0.438. The summed E-state index contributed by atoms with van der Waals surface area (Å²) in [7, 11) is -3.41. The molecule has 1 fully saturated rings. The Hall–Kier alpha value is -2.42. The Labute approximate surface area is 145 Å². The summed E-state index contributed by atoms with van der Waals surface area (Å²) in [6, 6.07) is 4.78. The molecular formula is C16H19N3O5S. The third-order valence-electron chi connectivity index (χ3n) is 4.04. The lowest BCUT2D eigenvalue weighted by Gasteiger charge is -2.34. The summed E-state index contributed by atoms with van der Waals surface area (Å²) < 4.78 is 31.1. The number of likely N-dealkylation sites (tertiary alicyclic amines) is 1. The molecule has 25 heavy (non-hydrogen) atoms. The maximum Gasteiger partial charge on any atom is 0.230 e. The first-order valence-electron chi connectivity index (χ1n) is 7.77. The smallest absolute Gasteiger partial charge is 0.230 e. The Balaban J connectivity index is 1.94. The highest BCUT2D eigenvalue weighted by atomic mass is 32.2. The molecule has 2 aliphatic heterocycles. The number of anilines is 1. The van der Waals surface area contributed by atoms with Gasteiger partial charge in [0.15, 0.2) is 0 Å². The standard InChI is InChI=1S/C16H19N3O5S/c1-16(2)13(9-19-14(20)6-7-15(19)21)17-11-8-10(18-25(3,22)23)4-5-12(11)24-16/h4-5,8,18H,6-7,9H2,1-3H3. The summed E-state index contributed by atoms with van der Waals surface area (Å²) in [5, 5.41) is 0. The van der Waals surface area contributed by atoms with Gasteiger partial charge in [-0.25, -0.2) is 13.4 Å². The molecule has 8 nitrogen and oxygen atoms in total. The van der Waals surface area contributed by atoms with Gasteiger partial charge < -0.3 is 4.74 Å². The number of benzene rings is 1. The number of rotatable bonds is 4. The molecule has 0 saturated carbocycles. The van der Waals surface area contributed by atoms with Gasteiger partial charge in [0.1, 0.15) is 17.0 Å². The molecule has 0 spiro atoms. The van der Waals surface area contributed by atoms with Crippen molar-refractivity contribution in [3.8, 4) is 5.75 Å². The molecule has 2 aliphatic rings. The molecule has 0 aromatic heterocycles. The zero-order chi connectivity index (χ0) is 18.4. The minimum atomic E-state index is -3.41. The van der Waals surface area contributed by atoms with E-state index in [9.17, 15) is 18.0 Å². The highest BCUT2D eigenvalue weighted by Gasteiger charge is 2.37. The number of nitrogens with one attached hydrogen (secondary N) is 1. The predicted octanol–water partition coefficient (Wildman–Crippen LogP) is 1.45. The summed E-state index contributed by atoms with van der Waals surface area (Å²) in [4.78, 5) is 29.4. The number of amides is 2. The second-order valence-electron chi connectivity index (χ2n) is 6.60. The lowest BCUT2D eigenvalue weighted by molar-refractivity contribution is -0.137. The maximum atomic E-state index is 11.9. The summed E-state index contributed by atoms with van der Waals surface area (Å²) in [6.45, 7) is 3.68. The van der Waals surface area contributed by atoms with Gasteiger partial charge in [-0.1, -0.05) is 0 Å². The number of nitrogens with zero attached hydrogens (tertiary/aromatic N) is 2. The Morgan fingerprint density at radius 3 is 2.48 bits per heavy atom. The largest absolute Gasteiger partial charge is 0.480 e. The zero-order valence-corrected chi connectivity index (χ0v) is 15.0. The van der Waals surface area contributed by atoms with Crippen LogP contribution < -0.4 is 9.46 Å². The van der Waals surface area contributed by atoms with Gasteiger partial charge in [0.25, 0.3) is 0 Å². The van der Waals surface area contributed by atoms with Crippen LogP contribution in [0.2, 0.25) is 0 Å². The van der Waals surface area contributed by atoms with Gasteiger partial charge in [-0.05, 0) is 32.0 Å². The van der Waals surface area contributed by atoms with Crippen molar-refractivity contribution >= 4 is 38.9 Å². The van der Waals surface area contributed by atoms with Crippen molar-refractivity contribution in [2.45, 2.75) is 32.3 Å². The van der Waals surface area contributed by atoms with Gasteiger partial charge in [-0.2, -0.15) is 0 Å². The average Bonchev–Trinajstić information content (AvgIpc) is 2.78. The van der Waals surface area contributed by atoms with Crippen LogP contribution in [0.25, 0.3) is 0 Å². The van der Waals surface area contributed by atoms with Crippen molar-refractivity contribution in [3.63, 3.8) is 0 Å². The van der Waals surface area contributed by atoms with Crippen LogP contribution in [0.3, 0.4) is 0 Å². The summed E-state index contributed by atoms with van der Waals surface area (Å²) in [5.41, 5.74) is 0.547. The van der Waals surface area contributed by atoms with Crippen LogP contribution >= 0.6 is 0 Å². The lowest BCUT2D eigenvalue weighted by Crippen LogP contribution is -2.47. The second kappa shape index (κ2) is 5.83. The normalized spacial score (nSPS) is 19.3. The number of fused-ring (bicyclic) bond motifs is 1. The minimum absolute atomic E-state index is 0.0633. The van der Waals surface area contributed by atoms with Crippen molar-refractivity contribution in [3.05, 3.63) is 18.2 Å². The molecule has 1 aromatic carbocycles. The number of ether oxygens (including phenoxy) is 1. The average molecular weight is 365 g/mol. The highest BCUT2D eigenvalue weighted by Crippen LogP contribution is 2.38. The molecule has 134 valence electrons. The van der Waals surface area contributed by atoms with Crippen molar-refractivity contribution < 1.29 is 22.7 Å². The molecule has 1 N–H and O–H groups in total. The molecule has 2 amide bonds. The van der Waals surface area contributed by atoms with E-state index in [4.69, 9.17) is 4.74 Å². The molecule has 1 saturated heterocycles. The van der Waals surface area contributed by atoms with Crippen molar-refractivity contribution in [2.24, 2.45) is 4.99 Å². The van der Waals surface area contributed by atoms with Crippen LogP contribution in [0.5, 0.6) is 5.75 Å². The summed E-state index contributed by atoms with van der Waals surface area (Å²) in [5.74, 6) is 0.0652. The van der Waals surface area contributed by atoms with Crippen LogP contribution in [0.4, 0.5) is 11.4 Å². The van der Waals surface area contributed by atoms with Crippen molar-refractivity contribution in [1.29, 1.82) is 0 Å². The first-order valence-corrected chi connectivity index (χ1v) is 9.66. The Kier molecular flexibility index (Phi) is 4.06. The van der Waals surface area contributed by atoms with Gasteiger partial charge in [-0.3, -0.25) is 19.2 Å². The number of carbonyl (C=O) groups is 2. The third kappa shape index (κ3) is 3.65. The molecular weight excluding hydrogens is 346 g/mol. The first-order chi connectivity index (χ1) is 11.5. The van der Waals surface area contributed by atoms with E-state index in [1.807, 2.05) is 13.8 Å². The van der Waals surface area contributed by atoms with E-state index in [1.165, 1.54) is 4.90 Å². The lowest BCUT2D eigenvalue weighted by atomic mass is 9.99. The molecule has 0 atom stereocenters. The summed E-state index contributed by atoms with van der Waals surface area (Å²) in [6.07, 6.45) is 1.49. The van der Waals surface area contributed by atoms with E-state index in [0.717, 1.165) is 6.26 Å². The molecule has 0 aliphatic carbocycles. The highest BCUT2D eigenvalue weighted by molar-refractivity contribution is 7.92. The van der Waals surface area contributed by atoms with E-state index in [-0.39, 0.29) is 31.2 Å². The first kappa shape index (κ1) is 17.4. The number of aliphatic imine (C=N–C) groups is 1. The Bertz CT molecular complexity index is 873. The van der Waals surface area contributed by atoms with Gasteiger partial charge >= 0.3 is 0 Å². The van der Waals surface area contributed by atoms with Crippen LogP contribution in [0, 0.1) is 0 Å². The molecule has 0 bridgehead atoms. The van der Waals surface area contributed by atoms with E-state index in [0.29, 0.717) is 22.8 Å². The van der Waals surface area contributed by atoms with E-state index in [1.54, 1.807) is 18.2 Å². The van der Waals surface area contributed by atoms with Crippen molar-refractivity contribution in [2.75, 3.05) is 17.5 Å². The molecule has 2 heterocycles. The second-order valence-corrected chi connectivity index (χ2v) is 8.35. The van der Waals surface area contributed by atoms with Gasteiger partial charge in [0.2, 0.25) is 21.8 Å². The third-order valence-corrected chi connectivity index (χ3v) is 4.65. The molecule has 0 unspecified atom stereocenters. The molecule has 9 heteroatoms. The summed E-state index contributed by atoms with van der Waals surface area (Å²) >= 11 is 0. The van der Waals surface area contributed by atoms with Crippen LogP contribution in [0.15, 0.2) is 23.2 Å².